The predicted octanol–water partition coefficient (Wildman–Crippen LogP) is 4.33. The van der Waals surface area contributed by atoms with Gasteiger partial charge < -0.3 is 15.0 Å². The Balaban J connectivity index is 1.84. The molecule has 0 radical (unpaired) electrons. The molecule has 1 aliphatic rings. The SMILES string of the molecule is CC(C)(C)OC(=O)N1CC[C@H](Nc2c([N+](=O)[O-])cnc3ccc(Br)cc23)C1. The second-order valence-corrected chi connectivity index (χ2v) is 8.41. The number of halogens is 1. The van der Waals surface area contributed by atoms with E-state index in [0.29, 0.717) is 36.1 Å². The molecule has 1 atom stereocenters. The van der Waals surface area contributed by atoms with E-state index in [1.807, 2.05) is 26.8 Å². The van der Waals surface area contributed by atoms with Gasteiger partial charge in [-0.25, -0.2) is 9.78 Å². The number of nitro groups is 1. The van der Waals surface area contributed by atoms with Gasteiger partial charge in [0, 0.05) is 29.0 Å². The summed E-state index contributed by atoms with van der Waals surface area (Å²) in [7, 11) is 0. The van der Waals surface area contributed by atoms with Gasteiger partial charge in [0.25, 0.3) is 0 Å². The normalized spacial score (nSPS) is 17.2. The molecule has 0 saturated carbocycles. The van der Waals surface area contributed by atoms with Crippen molar-refractivity contribution in [3.05, 3.63) is 39.0 Å². The van der Waals surface area contributed by atoms with Crippen molar-refractivity contribution in [3.63, 3.8) is 0 Å². The van der Waals surface area contributed by atoms with Crippen molar-refractivity contribution in [2.75, 3.05) is 18.4 Å². The van der Waals surface area contributed by atoms with E-state index in [1.54, 1.807) is 17.0 Å². The van der Waals surface area contributed by atoms with Crippen LogP contribution in [-0.4, -0.2) is 45.6 Å². The summed E-state index contributed by atoms with van der Waals surface area (Å²) in [5.74, 6) is 0. The van der Waals surface area contributed by atoms with Crippen LogP contribution in [-0.2, 0) is 4.74 Å². The fourth-order valence-corrected chi connectivity index (χ4v) is 3.38. The van der Waals surface area contributed by atoms with Crippen LogP contribution in [0.25, 0.3) is 10.9 Å². The number of aromatic nitrogens is 1. The third kappa shape index (κ3) is 4.47. The zero-order valence-corrected chi connectivity index (χ0v) is 16.9. The molecule has 1 saturated heterocycles. The van der Waals surface area contributed by atoms with Crippen LogP contribution in [0.15, 0.2) is 28.9 Å². The molecule has 0 aliphatic carbocycles. The number of amides is 1. The van der Waals surface area contributed by atoms with Crippen molar-refractivity contribution in [2.24, 2.45) is 0 Å². The number of hydrogen-bond acceptors (Lipinski definition) is 6. The molecule has 1 amide bonds. The van der Waals surface area contributed by atoms with Crippen LogP contribution in [0.3, 0.4) is 0 Å². The third-order valence-corrected chi connectivity index (χ3v) is 4.69. The number of carbonyl (C=O) groups excluding carboxylic acids is 1. The van der Waals surface area contributed by atoms with Crippen molar-refractivity contribution in [1.29, 1.82) is 0 Å². The van der Waals surface area contributed by atoms with E-state index in [2.05, 4.69) is 26.2 Å². The zero-order chi connectivity index (χ0) is 19.8. The summed E-state index contributed by atoms with van der Waals surface area (Å²) in [6.07, 6.45) is 1.57. The highest BCUT2D eigenvalue weighted by atomic mass is 79.9. The van der Waals surface area contributed by atoms with E-state index in [1.165, 1.54) is 6.20 Å². The number of nitrogens with one attached hydrogen (secondary N) is 1. The Morgan fingerprint density at radius 3 is 2.85 bits per heavy atom. The first-order chi connectivity index (χ1) is 12.6. The van der Waals surface area contributed by atoms with Gasteiger partial charge in [0.15, 0.2) is 0 Å². The number of benzene rings is 1. The first-order valence-electron chi connectivity index (χ1n) is 8.61. The Morgan fingerprint density at radius 2 is 2.19 bits per heavy atom. The molecule has 8 nitrogen and oxygen atoms in total. The lowest BCUT2D eigenvalue weighted by Gasteiger charge is -2.24. The molecule has 0 spiro atoms. The van der Waals surface area contributed by atoms with Gasteiger partial charge >= 0.3 is 11.8 Å². The molecular formula is C18H21BrN4O4. The summed E-state index contributed by atoms with van der Waals surface area (Å²) in [5.41, 5.74) is 0.432. The molecule has 2 aromatic rings. The van der Waals surface area contributed by atoms with Crippen LogP contribution < -0.4 is 5.32 Å². The molecule has 1 aromatic heterocycles. The number of nitrogens with zero attached hydrogens (tertiary/aromatic N) is 3. The molecular weight excluding hydrogens is 416 g/mol. The Morgan fingerprint density at radius 1 is 1.44 bits per heavy atom. The molecule has 27 heavy (non-hydrogen) atoms. The van der Waals surface area contributed by atoms with Crippen molar-refractivity contribution < 1.29 is 14.5 Å². The van der Waals surface area contributed by atoms with Crippen LogP contribution in [0, 0.1) is 10.1 Å². The van der Waals surface area contributed by atoms with Crippen LogP contribution in [0.2, 0.25) is 0 Å². The highest BCUT2D eigenvalue weighted by Crippen LogP contribution is 2.34. The Labute approximate surface area is 165 Å². The molecule has 2 heterocycles. The average Bonchev–Trinajstić information content (AvgIpc) is 3.02. The van der Waals surface area contributed by atoms with Crippen molar-refractivity contribution in [2.45, 2.75) is 38.8 Å². The lowest BCUT2D eigenvalue weighted by Crippen LogP contribution is -2.36. The number of rotatable bonds is 3. The minimum absolute atomic E-state index is 0.0867. The van der Waals surface area contributed by atoms with Gasteiger partial charge in [0.05, 0.1) is 10.4 Å². The van der Waals surface area contributed by atoms with Crippen molar-refractivity contribution >= 4 is 44.3 Å². The van der Waals surface area contributed by atoms with E-state index in [9.17, 15) is 14.9 Å². The quantitative estimate of drug-likeness (QED) is 0.567. The molecule has 9 heteroatoms. The summed E-state index contributed by atoms with van der Waals surface area (Å²) < 4.78 is 6.21. The maximum atomic E-state index is 12.2. The average molecular weight is 437 g/mol. The second-order valence-electron chi connectivity index (χ2n) is 7.49. The fraction of sp³-hybridized carbons (Fsp3) is 0.444. The number of carbonyl (C=O) groups is 1. The third-order valence-electron chi connectivity index (χ3n) is 4.20. The van der Waals surface area contributed by atoms with Crippen LogP contribution in [0.5, 0.6) is 0 Å². The van der Waals surface area contributed by atoms with Crippen LogP contribution in [0.1, 0.15) is 27.2 Å². The minimum Gasteiger partial charge on any atom is -0.444 e. The first-order valence-corrected chi connectivity index (χ1v) is 9.40. The number of likely N-dealkylation sites (tertiary alicyclic amines) is 1. The molecule has 144 valence electrons. The Bertz CT molecular complexity index is 897. The smallest absolute Gasteiger partial charge is 0.410 e. The summed E-state index contributed by atoms with van der Waals surface area (Å²) in [6.45, 7) is 6.42. The number of anilines is 1. The van der Waals surface area contributed by atoms with Gasteiger partial charge in [-0.15, -0.1) is 0 Å². The highest BCUT2D eigenvalue weighted by molar-refractivity contribution is 9.10. The van der Waals surface area contributed by atoms with Crippen LogP contribution in [0.4, 0.5) is 16.2 Å². The molecule has 1 aliphatic heterocycles. The predicted molar refractivity (Wildman–Crippen MR) is 106 cm³/mol. The molecule has 1 fully saturated rings. The van der Waals surface area contributed by atoms with Gasteiger partial charge in [0.1, 0.15) is 17.5 Å². The number of fused-ring (bicyclic) bond motifs is 1. The van der Waals surface area contributed by atoms with Gasteiger partial charge in [-0.05, 0) is 45.4 Å². The standard InChI is InChI=1S/C18H21BrN4O4/c1-18(2,3)27-17(24)22-7-6-12(10-22)21-16-13-8-11(19)4-5-14(13)20-9-15(16)23(25)26/h4-5,8-9,12H,6-7,10H2,1-3H3,(H,20,21)/t12-/m0/s1. The monoisotopic (exact) mass is 436 g/mol. The number of pyridine rings is 1. The van der Waals surface area contributed by atoms with E-state index < -0.39 is 10.5 Å². The molecule has 1 N–H and O–H groups in total. The largest absolute Gasteiger partial charge is 0.444 e. The van der Waals surface area contributed by atoms with E-state index in [-0.39, 0.29) is 17.8 Å². The maximum Gasteiger partial charge on any atom is 0.410 e. The molecule has 0 bridgehead atoms. The lowest BCUT2D eigenvalue weighted by molar-refractivity contribution is -0.384. The summed E-state index contributed by atoms with van der Waals surface area (Å²) in [4.78, 5) is 29.1. The van der Waals surface area contributed by atoms with Gasteiger partial charge in [-0.1, -0.05) is 15.9 Å². The zero-order valence-electron chi connectivity index (χ0n) is 15.4. The number of hydrogen-bond donors (Lipinski definition) is 1. The first kappa shape index (κ1) is 19.3. The Kier molecular flexibility index (Phi) is 5.23. The number of ether oxygens (including phenoxy) is 1. The second kappa shape index (κ2) is 7.30. The maximum absolute atomic E-state index is 12.2. The van der Waals surface area contributed by atoms with Gasteiger partial charge in [-0.2, -0.15) is 0 Å². The highest BCUT2D eigenvalue weighted by Gasteiger charge is 2.31. The molecule has 1 aromatic carbocycles. The van der Waals surface area contributed by atoms with Crippen molar-refractivity contribution in [3.8, 4) is 0 Å². The summed E-state index contributed by atoms with van der Waals surface area (Å²) >= 11 is 3.40. The summed E-state index contributed by atoms with van der Waals surface area (Å²) in [6, 6.07) is 5.33. The van der Waals surface area contributed by atoms with E-state index >= 15 is 0 Å². The van der Waals surface area contributed by atoms with Gasteiger partial charge in [-0.3, -0.25) is 10.1 Å². The summed E-state index contributed by atoms with van der Waals surface area (Å²) in [5, 5.41) is 15.4. The van der Waals surface area contributed by atoms with Gasteiger partial charge in [0.2, 0.25) is 0 Å². The lowest BCUT2D eigenvalue weighted by atomic mass is 10.1. The van der Waals surface area contributed by atoms with Crippen LogP contribution >= 0.6 is 15.9 Å². The Hall–Kier alpha value is -2.42. The fourth-order valence-electron chi connectivity index (χ4n) is 3.02. The molecule has 3 rings (SSSR count). The minimum atomic E-state index is -0.561. The van der Waals surface area contributed by atoms with E-state index in [4.69, 9.17) is 4.74 Å². The molecule has 0 unspecified atom stereocenters. The van der Waals surface area contributed by atoms with Crippen molar-refractivity contribution in [1.82, 2.24) is 9.88 Å². The van der Waals surface area contributed by atoms with E-state index in [0.717, 1.165) is 4.47 Å². The topological polar surface area (TPSA) is 97.6 Å².